The highest BCUT2D eigenvalue weighted by Crippen LogP contribution is 2.05. The van der Waals surface area contributed by atoms with Gasteiger partial charge >= 0.3 is 0 Å². The van der Waals surface area contributed by atoms with Gasteiger partial charge < -0.3 is 15.4 Å². The first-order valence-electron chi connectivity index (χ1n) is 4.40. The van der Waals surface area contributed by atoms with Crippen LogP contribution in [0.5, 0.6) is 0 Å². The molecule has 1 aliphatic heterocycles. The molecule has 0 aromatic heterocycles. The number of hydrogen-bond acceptors (Lipinski definition) is 3. The largest absolute Gasteiger partial charge is 0.377 e. The monoisotopic (exact) mass is 158 g/mol. The maximum Gasteiger partial charge on any atom is 0.0600 e. The third-order valence-corrected chi connectivity index (χ3v) is 1.99. The van der Waals surface area contributed by atoms with Crippen LogP contribution < -0.4 is 10.6 Å². The van der Waals surface area contributed by atoms with Gasteiger partial charge in [0.05, 0.1) is 12.7 Å². The fourth-order valence-electron chi connectivity index (χ4n) is 1.29. The summed E-state index contributed by atoms with van der Waals surface area (Å²) in [5.74, 6) is 0. The highest BCUT2D eigenvalue weighted by molar-refractivity contribution is 4.67. The van der Waals surface area contributed by atoms with Gasteiger partial charge in [0.15, 0.2) is 0 Å². The van der Waals surface area contributed by atoms with Crippen molar-refractivity contribution >= 4 is 0 Å². The third kappa shape index (κ3) is 3.70. The normalized spacial score (nSPS) is 20.5. The van der Waals surface area contributed by atoms with E-state index in [0.29, 0.717) is 6.10 Å². The van der Waals surface area contributed by atoms with E-state index < -0.39 is 0 Å². The van der Waals surface area contributed by atoms with Gasteiger partial charge in [-0.05, 0) is 33.0 Å². The molecule has 0 aromatic carbocycles. The van der Waals surface area contributed by atoms with Gasteiger partial charge in [-0.2, -0.15) is 0 Å². The molecule has 0 spiro atoms. The molecule has 0 amide bonds. The van der Waals surface area contributed by atoms with E-state index in [1.807, 2.05) is 7.05 Å². The molecule has 1 fully saturated rings. The molecule has 0 saturated carbocycles. The first kappa shape index (κ1) is 8.97. The Morgan fingerprint density at radius 1 is 1.45 bits per heavy atom. The van der Waals surface area contributed by atoms with Crippen LogP contribution in [0.1, 0.15) is 12.8 Å². The van der Waals surface area contributed by atoms with Crippen LogP contribution in [0.25, 0.3) is 0 Å². The molecule has 0 atom stereocenters. The zero-order valence-electron chi connectivity index (χ0n) is 7.23. The van der Waals surface area contributed by atoms with Gasteiger partial charge in [-0.15, -0.1) is 0 Å². The van der Waals surface area contributed by atoms with Crippen molar-refractivity contribution in [3.63, 3.8) is 0 Å². The molecule has 0 bridgehead atoms. The Morgan fingerprint density at radius 3 is 2.82 bits per heavy atom. The average Bonchev–Trinajstić information content (AvgIpc) is 2.07. The van der Waals surface area contributed by atoms with Gasteiger partial charge in [-0.3, -0.25) is 0 Å². The lowest BCUT2D eigenvalue weighted by Crippen LogP contribution is -2.33. The van der Waals surface area contributed by atoms with Crippen molar-refractivity contribution in [2.24, 2.45) is 0 Å². The average molecular weight is 158 g/mol. The van der Waals surface area contributed by atoms with E-state index in [-0.39, 0.29) is 0 Å². The molecule has 0 aromatic rings. The van der Waals surface area contributed by atoms with Gasteiger partial charge in [0.1, 0.15) is 0 Å². The summed E-state index contributed by atoms with van der Waals surface area (Å²) in [7, 11) is 1.95. The second-order valence-electron chi connectivity index (χ2n) is 2.92. The highest BCUT2D eigenvalue weighted by atomic mass is 16.5. The Bertz CT molecular complexity index is 92.1. The summed E-state index contributed by atoms with van der Waals surface area (Å²) in [5, 5.41) is 6.38. The standard InChI is InChI=1S/C8H18N2O/c1-9-6-7-11-8-2-4-10-5-3-8/h8-10H,2-7H2,1H3. The summed E-state index contributed by atoms with van der Waals surface area (Å²) in [6.07, 6.45) is 2.84. The van der Waals surface area contributed by atoms with Gasteiger partial charge in [0.25, 0.3) is 0 Å². The van der Waals surface area contributed by atoms with E-state index in [4.69, 9.17) is 4.74 Å². The fourth-order valence-corrected chi connectivity index (χ4v) is 1.29. The highest BCUT2D eigenvalue weighted by Gasteiger charge is 2.11. The lowest BCUT2D eigenvalue weighted by molar-refractivity contribution is 0.0355. The molecule has 66 valence electrons. The molecular weight excluding hydrogens is 140 g/mol. The van der Waals surface area contributed by atoms with E-state index in [9.17, 15) is 0 Å². The number of hydrogen-bond donors (Lipinski definition) is 2. The van der Waals surface area contributed by atoms with E-state index in [2.05, 4.69) is 10.6 Å². The van der Waals surface area contributed by atoms with Gasteiger partial charge in [0, 0.05) is 6.54 Å². The van der Waals surface area contributed by atoms with Gasteiger partial charge in [-0.1, -0.05) is 0 Å². The van der Waals surface area contributed by atoms with Crippen LogP contribution in [0.4, 0.5) is 0 Å². The maximum absolute atomic E-state index is 5.62. The molecule has 3 nitrogen and oxygen atoms in total. The molecule has 0 radical (unpaired) electrons. The molecule has 3 heteroatoms. The predicted octanol–water partition coefficient (Wildman–Crippen LogP) is -0.0256. The number of rotatable bonds is 4. The first-order chi connectivity index (χ1) is 5.43. The van der Waals surface area contributed by atoms with Crippen molar-refractivity contribution in [3.8, 4) is 0 Å². The topological polar surface area (TPSA) is 33.3 Å². The van der Waals surface area contributed by atoms with Gasteiger partial charge in [-0.25, -0.2) is 0 Å². The summed E-state index contributed by atoms with van der Waals surface area (Å²) >= 11 is 0. The first-order valence-corrected chi connectivity index (χ1v) is 4.40. The molecule has 11 heavy (non-hydrogen) atoms. The molecule has 1 heterocycles. The minimum absolute atomic E-state index is 0.504. The van der Waals surface area contributed by atoms with Crippen LogP contribution in [0.3, 0.4) is 0 Å². The smallest absolute Gasteiger partial charge is 0.0600 e. The summed E-state index contributed by atoms with van der Waals surface area (Å²) in [6.45, 7) is 4.04. The molecule has 0 unspecified atom stereocenters. The van der Waals surface area contributed by atoms with Crippen LogP contribution >= 0.6 is 0 Å². The van der Waals surface area contributed by atoms with Crippen molar-refractivity contribution in [3.05, 3.63) is 0 Å². The van der Waals surface area contributed by atoms with E-state index in [1.54, 1.807) is 0 Å². The Balaban J connectivity index is 1.96. The van der Waals surface area contributed by atoms with Crippen molar-refractivity contribution in [2.75, 3.05) is 33.3 Å². The molecular formula is C8H18N2O. The predicted molar refractivity (Wildman–Crippen MR) is 45.8 cm³/mol. The summed E-state index contributed by atoms with van der Waals surface area (Å²) in [4.78, 5) is 0. The Kier molecular flexibility index (Phi) is 4.50. The van der Waals surface area contributed by atoms with E-state index in [1.165, 1.54) is 12.8 Å². The van der Waals surface area contributed by atoms with Crippen LogP contribution in [0.2, 0.25) is 0 Å². The van der Waals surface area contributed by atoms with Crippen molar-refractivity contribution in [2.45, 2.75) is 18.9 Å². The minimum Gasteiger partial charge on any atom is -0.377 e. The zero-order valence-corrected chi connectivity index (χ0v) is 7.23. The summed E-state index contributed by atoms with van der Waals surface area (Å²) < 4.78 is 5.62. The van der Waals surface area contributed by atoms with Crippen LogP contribution in [-0.4, -0.2) is 39.4 Å². The summed E-state index contributed by atoms with van der Waals surface area (Å²) in [6, 6.07) is 0. The molecule has 1 aliphatic rings. The third-order valence-electron chi connectivity index (χ3n) is 1.99. The second-order valence-corrected chi connectivity index (χ2v) is 2.92. The van der Waals surface area contributed by atoms with Crippen LogP contribution in [-0.2, 0) is 4.74 Å². The van der Waals surface area contributed by atoms with E-state index in [0.717, 1.165) is 26.2 Å². The lowest BCUT2D eigenvalue weighted by atomic mass is 10.1. The SMILES string of the molecule is CNCCOC1CCNCC1. The lowest BCUT2D eigenvalue weighted by Gasteiger charge is -2.22. The molecule has 2 N–H and O–H groups in total. The Labute approximate surface area is 68.5 Å². The van der Waals surface area contributed by atoms with Crippen LogP contribution in [0, 0.1) is 0 Å². The number of likely N-dealkylation sites (N-methyl/N-ethyl adjacent to an activating group) is 1. The molecule has 1 saturated heterocycles. The zero-order chi connectivity index (χ0) is 7.94. The van der Waals surface area contributed by atoms with Crippen LogP contribution in [0.15, 0.2) is 0 Å². The molecule has 0 aliphatic carbocycles. The fraction of sp³-hybridized carbons (Fsp3) is 1.00. The summed E-state index contributed by atoms with van der Waals surface area (Å²) in [5.41, 5.74) is 0. The van der Waals surface area contributed by atoms with Crippen molar-refractivity contribution in [1.82, 2.24) is 10.6 Å². The maximum atomic E-state index is 5.62. The minimum atomic E-state index is 0.504. The quantitative estimate of drug-likeness (QED) is 0.564. The van der Waals surface area contributed by atoms with Gasteiger partial charge in [0.2, 0.25) is 0 Å². The van der Waals surface area contributed by atoms with Crippen molar-refractivity contribution in [1.29, 1.82) is 0 Å². The number of ether oxygens (including phenoxy) is 1. The Morgan fingerprint density at radius 2 is 2.18 bits per heavy atom. The van der Waals surface area contributed by atoms with E-state index >= 15 is 0 Å². The van der Waals surface area contributed by atoms with Crippen molar-refractivity contribution < 1.29 is 4.74 Å². The Hall–Kier alpha value is -0.120. The number of nitrogens with one attached hydrogen (secondary N) is 2. The molecule has 1 rings (SSSR count). The number of piperidine rings is 1. The second kappa shape index (κ2) is 5.52.